The maximum absolute atomic E-state index is 11.4. The average Bonchev–Trinajstić information content (AvgIpc) is 3.02. The Hall–Kier alpha value is -1.26. The summed E-state index contributed by atoms with van der Waals surface area (Å²) in [7, 11) is 0. The van der Waals surface area contributed by atoms with Crippen molar-refractivity contribution in [1.82, 2.24) is 10.6 Å². The van der Waals surface area contributed by atoms with Gasteiger partial charge in [0.05, 0.1) is 5.41 Å². The van der Waals surface area contributed by atoms with E-state index in [0.717, 1.165) is 12.8 Å². The van der Waals surface area contributed by atoms with Crippen LogP contribution in [0.15, 0.2) is 0 Å². The first-order chi connectivity index (χ1) is 7.96. The first-order valence-electron chi connectivity index (χ1n) is 6.21. The van der Waals surface area contributed by atoms with E-state index >= 15 is 0 Å². The van der Waals surface area contributed by atoms with Gasteiger partial charge in [-0.3, -0.25) is 4.79 Å². The minimum absolute atomic E-state index is 0.234. The molecule has 0 aliphatic heterocycles. The van der Waals surface area contributed by atoms with E-state index in [1.54, 1.807) is 0 Å². The van der Waals surface area contributed by atoms with Gasteiger partial charge in [-0.15, -0.1) is 0 Å². The SMILES string of the molecule is CC(C)CCCNC(=O)NCC1(C(=O)O)CC1. The van der Waals surface area contributed by atoms with Crippen molar-refractivity contribution in [2.45, 2.75) is 39.5 Å². The molecule has 1 saturated carbocycles. The lowest BCUT2D eigenvalue weighted by atomic mass is 10.1. The van der Waals surface area contributed by atoms with Gasteiger partial charge in [0.1, 0.15) is 0 Å². The first kappa shape index (κ1) is 13.8. The van der Waals surface area contributed by atoms with Crippen LogP contribution in [-0.2, 0) is 4.79 Å². The summed E-state index contributed by atoms with van der Waals surface area (Å²) >= 11 is 0. The molecule has 1 aliphatic rings. The normalized spacial score (nSPS) is 16.6. The minimum atomic E-state index is -0.808. The van der Waals surface area contributed by atoms with Crippen LogP contribution in [0.2, 0.25) is 0 Å². The molecule has 2 amide bonds. The van der Waals surface area contributed by atoms with Crippen LogP contribution in [0.5, 0.6) is 0 Å². The number of rotatable bonds is 7. The molecule has 1 aliphatic carbocycles. The molecule has 1 fully saturated rings. The van der Waals surface area contributed by atoms with E-state index in [0.29, 0.717) is 25.3 Å². The van der Waals surface area contributed by atoms with Crippen LogP contribution >= 0.6 is 0 Å². The van der Waals surface area contributed by atoms with Crippen molar-refractivity contribution < 1.29 is 14.7 Å². The number of amides is 2. The molecule has 5 nitrogen and oxygen atoms in total. The predicted octanol–water partition coefficient (Wildman–Crippen LogP) is 1.59. The number of carboxylic acids is 1. The maximum Gasteiger partial charge on any atom is 0.314 e. The summed E-state index contributed by atoms with van der Waals surface area (Å²) < 4.78 is 0. The van der Waals surface area contributed by atoms with E-state index in [2.05, 4.69) is 24.5 Å². The molecule has 98 valence electrons. The van der Waals surface area contributed by atoms with Gasteiger partial charge in [0.15, 0.2) is 0 Å². The molecule has 1 rings (SSSR count). The quantitative estimate of drug-likeness (QED) is 0.593. The Kier molecular flexibility index (Phi) is 4.78. The van der Waals surface area contributed by atoms with Gasteiger partial charge in [0, 0.05) is 13.1 Å². The molecular weight excluding hydrogens is 220 g/mol. The number of hydrogen-bond acceptors (Lipinski definition) is 2. The molecule has 3 N–H and O–H groups in total. The fourth-order valence-electron chi connectivity index (χ4n) is 1.64. The van der Waals surface area contributed by atoms with Crippen molar-refractivity contribution in [3.8, 4) is 0 Å². The zero-order valence-electron chi connectivity index (χ0n) is 10.6. The summed E-state index contributed by atoms with van der Waals surface area (Å²) in [5, 5.41) is 14.3. The van der Waals surface area contributed by atoms with Gasteiger partial charge in [0.25, 0.3) is 0 Å². The number of carboxylic acid groups (broad SMARTS) is 1. The smallest absolute Gasteiger partial charge is 0.314 e. The zero-order chi connectivity index (χ0) is 12.9. The van der Waals surface area contributed by atoms with Crippen molar-refractivity contribution in [2.75, 3.05) is 13.1 Å². The Balaban J connectivity index is 2.08. The van der Waals surface area contributed by atoms with Gasteiger partial charge < -0.3 is 15.7 Å². The molecule has 0 aromatic heterocycles. The Labute approximate surface area is 102 Å². The van der Waals surface area contributed by atoms with E-state index < -0.39 is 11.4 Å². The zero-order valence-corrected chi connectivity index (χ0v) is 10.6. The molecule has 0 heterocycles. The van der Waals surface area contributed by atoms with Crippen molar-refractivity contribution in [1.29, 1.82) is 0 Å². The van der Waals surface area contributed by atoms with Gasteiger partial charge in [-0.1, -0.05) is 13.8 Å². The Morgan fingerprint density at radius 1 is 1.29 bits per heavy atom. The summed E-state index contributed by atoms with van der Waals surface area (Å²) in [4.78, 5) is 22.2. The van der Waals surface area contributed by atoms with Gasteiger partial charge in [-0.05, 0) is 31.6 Å². The number of carbonyl (C=O) groups excluding carboxylic acids is 1. The Morgan fingerprint density at radius 3 is 2.41 bits per heavy atom. The third kappa shape index (κ3) is 4.63. The van der Waals surface area contributed by atoms with Gasteiger partial charge >= 0.3 is 12.0 Å². The van der Waals surface area contributed by atoms with Crippen LogP contribution in [0.25, 0.3) is 0 Å². The van der Waals surface area contributed by atoms with Crippen molar-refractivity contribution >= 4 is 12.0 Å². The number of hydrogen-bond donors (Lipinski definition) is 3. The van der Waals surface area contributed by atoms with Crippen LogP contribution < -0.4 is 10.6 Å². The van der Waals surface area contributed by atoms with E-state index in [1.165, 1.54) is 0 Å². The molecule has 0 bridgehead atoms. The average molecular weight is 242 g/mol. The van der Waals surface area contributed by atoms with Gasteiger partial charge in [-0.25, -0.2) is 4.79 Å². The lowest BCUT2D eigenvalue weighted by Crippen LogP contribution is -2.41. The largest absolute Gasteiger partial charge is 0.481 e. The summed E-state index contributed by atoms with van der Waals surface area (Å²) in [6, 6.07) is -0.263. The summed E-state index contributed by atoms with van der Waals surface area (Å²) in [5.41, 5.74) is -0.685. The number of carbonyl (C=O) groups is 2. The van der Waals surface area contributed by atoms with E-state index in [9.17, 15) is 9.59 Å². The maximum atomic E-state index is 11.4. The number of nitrogens with one attached hydrogen (secondary N) is 2. The third-order valence-electron chi connectivity index (χ3n) is 3.14. The van der Waals surface area contributed by atoms with Crippen LogP contribution in [-0.4, -0.2) is 30.2 Å². The van der Waals surface area contributed by atoms with E-state index in [4.69, 9.17) is 5.11 Å². The lowest BCUT2D eigenvalue weighted by molar-refractivity contribution is -0.143. The highest BCUT2D eigenvalue weighted by Crippen LogP contribution is 2.45. The lowest BCUT2D eigenvalue weighted by Gasteiger charge is -2.12. The second-order valence-electron chi connectivity index (χ2n) is 5.23. The molecule has 0 aromatic rings. The third-order valence-corrected chi connectivity index (χ3v) is 3.14. The second-order valence-corrected chi connectivity index (χ2v) is 5.23. The molecule has 17 heavy (non-hydrogen) atoms. The predicted molar refractivity (Wildman–Crippen MR) is 64.8 cm³/mol. The van der Waals surface area contributed by atoms with Gasteiger partial charge in [0.2, 0.25) is 0 Å². The molecule has 0 saturated heterocycles. The highest BCUT2D eigenvalue weighted by Gasteiger charge is 2.50. The van der Waals surface area contributed by atoms with Crippen molar-refractivity contribution in [3.05, 3.63) is 0 Å². The van der Waals surface area contributed by atoms with Gasteiger partial charge in [-0.2, -0.15) is 0 Å². The monoisotopic (exact) mass is 242 g/mol. The van der Waals surface area contributed by atoms with E-state index in [1.807, 2.05) is 0 Å². The van der Waals surface area contributed by atoms with Crippen LogP contribution in [0, 0.1) is 11.3 Å². The Morgan fingerprint density at radius 2 is 1.94 bits per heavy atom. The van der Waals surface area contributed by atoms with Crippen LogP contribution in [0.3, 0.4) is 0 Å². The Bertz CT molecular complexity index is 285. The highest BCUT2D eigenvalue weighted by molar-refractivity contribution is 5.80. The summed E-state index contributed by atoms with van der Waals surface area (Å²) in [6.45, 7) is 5.16. The van der Waals surface area contributed by atoms with Crippen molar-refractivity contribution in [3.63, 3.8) is 0 Å². The van der Waals surface area contributed by atoms with Crippen LogP contribution in [0.4, 0.5) is 4.79 Å². The molecule has 0 aromatic carbocycles. The van der Waals surface area contributed by atoms with Crippen molar-refractivity contribution in [2.24, 2.45) is 11.3 Å². The van der Waals surface area contributed by atoms with Crippen LogP contribution in [0.1, 0.15) is 39.5 Å². The summed E-state index contributed by atoms with van der Waals surface area (Å²) in [6.07, 6.45) is 3.36. The topological polar surface area (TPSA) is 78.4 Å². The molecule has 0 spiro atoms. The standard InChI is InChI=1S/C12H22N2O3/c1-9(2)4-3-7-13-11(17)14-8-12(5-6-12)10(15)16/h9H,3-8H2,1-2H3,(H,15,16)(H2,13,14,17). The minimum Gasteiger partial charge on any atom is -0.481 e. The first-order valence-corrected chi connectivity index (χ1v) is 6.21. The number of aliphatic carboxylic acids is 1. The fraction of sp³-hybridized carbons (Fsp3) is 0.833. The number of urea groups is 1. The molecule has 5 heteroatoms. The molecule has 0 radical (unpaired) electrons. The van der Waals surface area contributed by atoms with E-state index in [-0.39, 0.29) is 12.6 Å². The molecular formula is C12H22N2O3. The highest BCUT2D eigenvalue weighted by atomic mass is 16.4. The molecule has 0 atom stereocenters. The fourth-order valence-corrected chi connectivity index (χ4v) is 1.64. The summed E-state index contributed by atoms with van der Waals surface area (Å²) in [5.74, 6) is -0.167. The second kappa shape index (κ2) is 5.89. The molecule has 0 unspecified atom stereocenters.